The second-order valence-corrected chi connectivity index (χ2v) is 10.2. The van der Waals surface area contributed by atoms with Crippen molar-refractivity contribution in [1.82, 2.24) is 0 Å². The Morgan fingerprint density at radius 1 is 1.03 bits per heavy atom. The van der Waals surface area contributed by atoms with E-state index in [1.807, 2.05) is 56.3 Å². The minimum absolute atomic E-state index is 0.128. The molecule has 0 unspecified atom stereocenters. The average molecular weight is 493 g/mol. The van der Waals surface area contributed by atoms with Crippen LogP contribution in [0.4, 0.5) is 0 Å². The first-order chi connectivity index (χ1) is 17.1. The van der Waals surface area contributed by atoms with Crippen LogP contribution in [0.1, 0.15) is 63.2 Å². The minimum Gasteiger partial charge on any atom is -0.481 e. The van der Waals surface area contributed by atoms with Gasteiger partial charge in [-0.15, -0.1) is 0 Å². The molecular weight excluding hydrogens is 456 g/mol. The number of aliphatic carboxylic acids is 1. The van der Waals surface area contributed by atoms with E-state index >= 15 is 0 Å². The highest BCUT2D eigenvalue weighted by Crippen LogP contribution is 2.36. The van der Waals surface area contributed by atoms with Crippen LogP contribution in [0.3, 0.4) is 0 Å². The number of unbranched alkanes of at least 4 members (excludes halogenated alkanes) is 1. The largest absolute Gasteiger partial charge is 0.481 e. The molecule has 36 heavy (non-hydrogen) atoms. The fourth-order valence-corrected chi connectivity index (χ4v) is 4.70. The Labute approximate surface area is 213 Å². The summed E-state index contributed by atoms with van der Waals surface area (Å²) in [7, 11) is 0. The molecule has 0 aromatic heterocycles. The lowest BCUT2D eigenvalue weighted by Crippen LogP contribution is -2.28. The highest BCUT2D eigenvalue weighted by molar-refractivity contribution is 5.94. The van der Waals surface area contributed by atoms with Gasteiger partial charge in [-0.25, -0.2) is 4.79 Å². The molecule has 6 heteroatoms. The average Bonchev–Trinajstić information content (AvgIpc) is 3.22. The van der Waals surface area contributed by atoms with Crippen molar-refractivity contribution >= 4 is 17.7 Å². The molecule has 0 spiro atoms. The van der Waals surface area contributed by atoms with Crippen molar-refractivity contribution < 1.29 is 29.3 Å². The minimum atomic E-state index is -1.11. The number of benzene rings is 2. The van der Waals surface area contributed by atoms with Gasteiger partial charge in [-0.1, -0.05) is 82.2 Å². The van der Waals surface area contributed by atoms with E-state index in [4.69, 9.17) is 4.74 Å². The number of aliphatic hydroxyl groups excluding tert-OH is 1. The van der Waals surface area contributed by atoms with Gasteiger partial charge in [0.2, 0.25) is 0 Å². The van der Waals surface area contributed by atoms with Gasteiger partial charge in [-0.05, 0) is 42.2 Å². The summed E-state index contributed by atoms with van der Waals surface area (Å²) in [6.45, 7) is 5.77. The molecule has 192 valence electrons. The number of carboxylic acids is 1. The maximum atomic E-state index is 12.7. The maximum absolute atomic E-state index is 12.7. The topological polar surface area (TPSA) is 101 Å². The number of aliphatic hydroxyl groups is 1. The molecular formula is C30H36O6. The molecule has 0 bridgehead atoms. The smallest absolute Gasteiger partial charge is 0.338 e. The summed E-state index contributed by atoms with van der Waals surface area (Å²) in [6.07, 6.45) is 4.17. The first-order valence-corrected chi connectivity index (χ1v) is 12.6. The molecule has 0 aliphatic heterocycles. The van der Waals surface area contributed by atoms with Crippen LogP contribution in [0.25, 0.3) is 11.1 Å². The molecule has 2 aromatic carbocycles. The summed E-state index contributed by atoms with van der Waals surface area (Å²) >= 11 is 0. The van der Waals surface area contributed by atoms with Crippen LogP contribution < -0.4 is 0 Å². The molecule has 1 saturated carbocycles. The van der Waals surface area contributed by atoms with Crippen molar-refractivity contribution in [3.63, 3.8) is 0 Å². The van der Waals surface area contributed by atoms with Gasteiger partial charge < -0.3 is 14.9 Å². The number of rotatable bonds is 11. The lowest BCUT2D eigenvalue weighted by molar-refractivity contribution is -0.142. The number of allylic oxidation sites excluding steroid dienone is 1. The van der Waals surface area contributed by atoms with E-state index in [1.54, 1.807) is 12.1 Å². The molecule has 1 aliphatic rings. The summed E-state index contributed by atoms with van der Waals surface area (Å²) in [6, 6.07) is 16.9. The molecule has 6 nitrogen and oxygen atoms in total. The van der Waals surface area contributed by atoms with E-state index < -0.39 is 41.4 Å². The SMILES string of the molecule is CCCCC(C)(C)C(=O)C=C[C@@H](C(=O)O)[C@H]1C[C@H](OC(=O)c2ccc(-c3ccccc3)cc2)C[C@@H]1O. The molecule has 0 heterocycles. The van der Waals surface area contributed by atoms with Crippen LogP contribution in [-0.4, -0.2) is 40.1 Å². The Kier molecular flexibility index (Phi) is 9.21. The van der Waals surface area contributed by atoms with Gasteiger partial charge in [0.15, 0.2) is 5.78 Å². The monoisotopic (exact) mass is 492 g/mol. The van der Waals surface area contributed by atoms with Gasteiger partial charge >= 0.3 is 11.9 Å². The zero-order chi connectivity index (χ0) is 26.3. The van der Waals surface area contributed by atoms with Crippen molar-refractivity contribution in [2.24, 2.45) is 17.3 Å². The maximum Gasteiger partial charge on any atom is 0.338 e. The highest BCUT2D eigenvalue weighted by atomic mass is 16.5. The van der Waals surface area contributed by atoms with Gasteiger partial charge in [0.1, 0.15) is 6.10 Å². The highest BCUT2D eigenvalue weighted by Gasteiger charge is 2.42. The Morgan fingerprint density at radius 3 is 2.28 bits per heavy atom. The first kappa shape index (κ1) is 27.3. The normalized spacial score (nSPS) is 20.8. The Balaban J connectivity index is 1.63. The second-order valence-electron chi connectivity index (χ2n) is 10.2. The number of esters is 1. The second kappa shape index (κ2) is 12.1. The van der Waals surface area contributed by atoms with Crippen molar-refractivity contribution in [2.75, 3.05) is 0 Å². The molecule has 0 radical (unpaired) electrons. The van der Waals surface area contributed by atoms with Crippen LogP contribution in [0.2, 0.25) is 0 Å². The fourth-order valence-electron chi connectivity index (χ4n) is 4.70. The molecule has 2 aromatic rings. The number of hydrogen-bond donors (Lipinski definition) is 2. The number of ketones is 1. The lowest BCUT2D eigenvalue weighted by atomic mass is 9.81. The third-order valence-electron chi connectivity index (χ3n) is 7.06. The van der Waals surface area contributed by atoms with Crippen molar-refractivity contribution in [1.29, 1.82) is 0 Å². The number of carbonyl (C=O) groups is 3. The molecule has 1 aliphatic carbocycles. The van der Waals surface area contributed by atoms with E-state index in [9.17, 15) is 24.6 Å². The summed E-state index contributed by atoms with van der Waals surface area (Å²) in [5.41, 5.74) is 1.84. The summed E-state index contributed by atoms with van der Waals surface area (Å²) in [5, 5.41) is 20.4. The number of hydrogen-bond acceptors (Lipinski definition) is 5. The Hall–Kier alpha value is -3.25. The molecule has 0 amide bonds. The van der Waals surface area contributed by atoms with Gasteiger partial charge in [0.25, 0.3) is 0 Å². The van der Waals surface area contributed by atoms with E-state index in [-0.39, 0.29) is 18.6 Å². The van der Waals surface area contributed by atoms with Gasteiger partial charge in [-0.2, -0.15) is 0 Å². The molecule has 4 atom stereocenters. The van der Waals surface area contributed by atoms with E-state index in [1.165, 1.54) is 12.2 Å². The molecule has 3 rings (SSSR count). The van der Waals surface area contributed by atoms with Crippen LogP contribution >= 0.6 is 0 Å². The number of carbonyl (C=O) groups excluding carboxylic acids is 2. The zero-order valence-electron chi connectivity index (χ0n) is 21.2. The van der Waals surface area contributed by atoms with Crippen LogP contribution in [-0.2, 0) is 14.3 Å². The fraction of sp³-hybridized carbons (Fsp3) is 0.433. The standard InChI is InChI=1S/C30H36O6/c1-4-5-17-30(2,3)27(32)16-15-24(28(33)34)25-18-23(19-26(25)31)36-29(35)22-13-11-21(12-14-22)20-9-7-6-8-10-20/h6-16,23-26,31H,4-5,17-19H2,1-3H3,(H,33,34)/t23-,24+,25+,26-/m0/s1. The molecule has 0 saturated heterocycles. The Bertz CT molecular complexity index is 1070. The van der Waals surface area contributed by atoms with Gasteiger partial charge in [-0.3, -0.25) is 9.59 Å². The van der Waals surface area contributed by atoms with Gasteiger partial charge in [0.05, 0.1) is 17.6 Å². The van der Waals surface area contributed by atoms with Crippen molar-refractivity contribution in [3.05, 3.63) is 72.3 Å². The van der Waals surface area contributed by atoms with E-state index in [0.29, 0.717) is 5.56 Å². The zero-order valence-corrected chi connectivity index (χ0v) is 21.2. The Morgan fingerprint density at radius 2 is 1.67 bits per heavy atom. The summed E-state index contributed by atoms with van der Waals surface area (Å²) in [4.78, 5) is 37.3. The molecule has 2 N–H and O–H groups in total. The summed E-state index contributed by atoms with van der Waals surface area (Å²) in [5.74, 6) is -3.44. The van der Waals surface area contributed by atoms with Crippen LogP contribution in [0, 0.1) is 17.3 Å². The predicted molar refractivity (Wildman–Crippen MR) is 138 cm³/mol. The summed E-state index contributed by atoms with van der Waals surface area (Å²) < 4.78 is 5.61. The third kappa shape index (κ3) is 6.91. The third-order valence-corrected chi connectivity index (χ3v) is 7.06. The van der Waals surface area contributed by atoms with Gasteiger partial charge in [0, 0.05) is 17.8 Å². The quantitative estimate of drug-likeness (QED) is 0.309. The molecule has 1 fully saturated rings. The first-order valence-electron chi connectivity index (χ1n) is 12.6. The van der Waals surface area contributed by atoms with Crippen molar-refractivity contribution in [2.45, 2.75) is 65.1 Å². The predicted octanol–water partition coefficient (Wildman–Crippen LogP) is 5.69. The van der Waals surface area contributed by atoms with Crippen molar-refractivity contribution in [3.8, 4) is 11.1 Å². The van der Waals surface area contributed by atoms with Crippen LogP contribution in [0.15, 0.2) is 66.7 Å². The number of ether oxygens (including phenoxy) is 1. The van der Waals surface area contributed by atoms with E-state index in [2.05, 4.69) is 6.92 Å². The number of carboxylic acid groups (broad SMARTS) is 1. The van der Waals surface area contributed by atoms with Crippen LogP contribution in [0.5, 0.6) is 0 Å². The van der Waals surface area contributed by atoms with E-state index in [0.717, 1.165) is 30.4 Å². The lowest BCUT2D eigenvalue weighted by Gasteiger charge is -2.22.